The second kappa shape index (κ2) is 12.9. The standard InChI is InChI=1S/C26H33ClN2O3S/c1-19(26(31)28-22-6-4-3-5-7-22)29(18-20-8-12-23(32-2)13-9-20)25(30)16-17-33-24-14-10-21(27)11-15-24/h8-15,19,22H,3-7,16-18H2,1-2H3,(H,28,31)/t19-/m0/s1. The van der Waals surface area contributed by atoms with Gasteiger partial charge in [-0.2, -0.15) is 0 Å². The first-order valence-electron chi connectivity index (χ1n) is 11.6. The first kappa shape index (κ1) is 25.4. The Morgan fingerprint density at radius 3 is 2.39 bits per heavy atom. The Morgan fingerprint density at radius 2 is 1.76 bits per heavy atom. The predicted octanol–water partition coefficient (Wildman–Crippen LogP) is 5.70. The molecule has 0 bridgehead atoms. The summed E-state index contributed by atoms with van der Waals surface area (Å²) >= 11 is 7.56. The summed E-state index contributed by atoms with van der Waals surface area (Å²) in [5.41, 5.74) is 0.965. The number of benzene rings is 2. The molecule has 0 spiro atoms. The van der Waals surface area contributed by atoms with Gasteiger partial charge < -0.3 is 15.0 Å². The van der Waals surface area contributed by atoms with E-state index in [4.69, 9.17) is 16.3 Å². The maximum Gasteiger partial charge on any atom is 0.242 e. The third-order valence-corrected chi connectivity index (χ3v) is 7.29. The number of hydrogen-bond donors (Lipinski definition) is 1. The zero-order valence-electron chi connectivity index (χ0n) is 19.4. The van der Waals surface area contributed by atoms with Crippen LogP contribution in [-0.4, -0.2) is 41.7 Å². The van der Waals surface area contributed by atoms with E-state index in [9.17, 15) is 9.59 Å². The molecule has 3 rings (SSSR count). The van der Waals surface area contributed by atoms with E-state index in [0.29, 0.717) is 23.7 Å². The van der Waals surface area contributed by atoms with E-state index < -0.39 is 6.04 Å². The topological polar surface area (TPSA) is 58.6 Å². The molecule has 178 valence electrons. The van der Waals surface area contributed by atoms with Crippen LogP contribution < -0.4 is 10.1 Å². The summed E-state index contributed by atoms with van der Waals surface area (Å²) in [7, 11) is 1.63. The van der Waals surface area contributed by atoms with Crippen LogP contribution in [0.15, 0.2) is 53.4 Å². The second-order valence-corrected chi connectivity index (χ2v) is 10.0. The van der Waals surface area contributed by atoms with Gasteiger partial charge in [-0.05, 0) is 61.7 Å². The Morgan fingerprint density at radius 1 is 1.09 bits per heavy atom. The number of halogens is 1. The number of amides is 2. The lowest BCUT2D eigenvalue weighted by Gasteiger charge is -2.31. The van der Waals surface area contributed by atoms with Gasteiger partial charge in [0.05, 0.1) is 7.11 Å². The van der Waals surface area contributed by atoms with E-state index in [1.807, 2.05) is 55.5 Å². The van der Waals surface area contributed by atoms with E-state index in [1.54, 1.807) is 23.8 Å². The molecule has 0 aromatic heterocycles. The monoisotopic (exact) mass is 488 g/mol. The van der Waals surface area contributed by atoms with Crippen molar-refractivity contribution >= 4 is 35.2 Å². The third kappa shape index (κ3) is 7.97. The van der Waals surface area contributed by atoms with E-state index in [0.717, 1.165) is 41.9 Å². The van der Waals surface area contributed by atoms with Crippen LogP contribution in [-0.2, 0) is 16.1 Å². The molecule has 0 saturated heterocycles. The highest BCUT2D eigenvalue weighted by Crippen LogP contribution is 2.23. The minimum Gasteiger partial charge on any atom is -0.497 e. The fraction of sp³-hybridized carbons (Fsp3) is 0.462. The van der Waals surface area contributed by atoms with E-state index in [-0.39, 0.29) is 17.9 Å². The van der Waals surface area contributed by atoms with Crippen molar-refractivity contribution in [2.75, 3.05) is 12.9 Å². The van der Waals surface area contributed by atoms with Crippen molar-refractivity contribution in [2.45, 2.75) is 69.0 Å². The van der Waals surface area contributed by atoms with Crippen LogP contribution >= 0.6 is 23.4 Å². The van der Waals surface area contributed by atoms with Gasteiger partial charge in [0.2, 0.25) is 11.8 Å². The van der Waals surface area contributed by atoms with Crippen LogP contribution in [0.2, 0.25) is 5.02 Å². The maximum absolute atomic E-state index is 13.2. The van der Waals surface area contributed by atoms with Crippen LogP contribution in [0.25, 0.3) is 0 Å². The molecule has 1 aliphatic carbocycles. The number of carbonyl (C=O) groups excluding carboxylic acids is 2. The molecular weight excluding hydrogens is 456 g/mol. The summed E-state index contributed by atoms with van der Waals surface area (Å²) in [6.07, 6.45) is 5.91. The van der Waals surface area contributed by atoms with E-state index in [2.05, 4.69) is 5.32 Å². The molecular formula is C26H33ClN2O3S. The minimum atomic E-state index is -0.540. The molecule has 5 nitrogen and oxygen atoms in total. The highest BCUT2D eigenvalue weighted by Gasteiger charge is 2.27. The van der Waals surface area contributed by atoms with Gasteiger partial charge in [0.25, 0.3) is 0 Å². The molecule has 1 atom stereocenters. The van der Waals surface area contributed by atoms with Crippen LogP contribution in [0.1, 0.15) is 51.0 Å². The molecule has 33 heavy (non-hydrogen) atoms. The van der Waals surface area contributed by atoms with Crippen molar-refractivity contribution in [3.8, 4) is 5.75 Å². The van der Waals surface area contributed by atoms with E-state index >= 15 is 0 Å². The number of rotatable bonds is 10. The highest BCUT2D eigenvalue weighted by atomic mass is 35.5. The smallest absolute Gasteiger partial charge is 0.242 e. The fourth-order valence-electron chi connectivity index (χ4n) is 4.01. The number of hydrogen-bond acceptors (Lipinski definition) is 4. The molecule has 1 saturated carbocycles. The average molecular weight is 489 g/mol. The second-order valence-electron chi connectivity index (χ2n) is 8.44. The van der Waals surface area contributed by atoms with Gasteiger partial charge >= 0.3 is 0 Å². The Balaban J connectivity index is 1.65. The van der Waals surface area contributed by atoms with Crippen molar-refractivity contribution in [1.82, 2.24) is 10.2 Å². The third-order valence-electron chi connectivity index (χ3n) is 6.03. The highest BCUT2D eigenvalue weighted by molar-refractivity contribution is 7.99. The van der Waals surface area contributed by atoms with Gasteiger partial charge in [0, 0.05) is 34.7 Å². The van der Waals surface area contributed by atoms with Crippen LogP contribution in [0.5, 0.6) is 5.75 Å². The van der Waals surface area contributed by atoms with Crippen molar-refractivity contribution in [2.24, 2.45) is 0 Å². The summed E-state index contributed by atoms with van der Waals surface area (Å²) in [5.74, 6) is 1.29. The van der Waals surface area contributed by atoms with Gasteiger partial charge in [-0.1, -0.05) is 43.0 Å². The predicted molar refractivity (Wildman–Crippen MR) is 135 cm³/mol. The molecule has 2 aromatic rings. The normalized spacial score (nSPS) is 15.0. The number of methoxy groups -OCH3 is 1. The Hall–Kier alpha value is -2.18. The van der Waals surface area contributed by atoms with Crippen molar-refractivity contribution in [3.05, 3.63) is 59.1 Å². The summed E-state index contributed by atoms with van der Waals surface area (Å²) in [6.45, 7) is 2.21. The Bertz CT molecular complexity index is 899. The maximum atomic E-state index is 13.2. The number of thioether (sulfide) groups is 1. The van der Waals surface area contributed by atoms with Gasteiger partial charge in [-0.25, -0.2) is 0 Å². The summed E-state index contributed by atoms with van der Waals surface area (Å²) in [6, 6.07) is 14.9. The van der Waals surface area contributed by atoms with Gasteiger partial charge in [0.1, 0.15) is 11.8 Å². The molecule has 2 amide bonds. The number of nitrogens with zero attached hydrogens (tertiary/aromatic N) is 1. The summed E-state index contributed by atoms with van der Waals surface area (Å²) < 4.78 is 5.24. The molecule has 0 heterocycles. The molecule has 1 aliphatic rings. The quantitative estimate of drug-likeness (QED) is 0.436. The lowest BCUT2D eigenvalue weighted by Crippen LogP contribution is -2.50. The van der Waals surface area contributed by atoms with Crippen LogP contribution in [0, 0.1) is 0 Å². The molecule has 1 fully saturated rings. The molecule has 0 radical (unpaired) electrons. The van der Waals surface area contributed by atoms with Crippen LogP contribution in [0.4, 0.5) is 0 Å². The first-order chi connectivity index (χ1) is 16.0. The van der Waals surface area contributed by atoms with Crippen molar-refractivity contribution in [1.29, 1.82) is 0 Å². The minimum absolute atomic E-state index is 0.0291. The number of ether oxygens (including phenoxy) is 1. The van der Waals surface area contributed by atoms with Crippen LogP contribution in [0.3, 0.4) is 0 Å². The Kier molecular flexibility index (Phi) is 9.95. The largest absolute Gasteiger partial charge is 0.497 e. The summed E-state index contributed by atoms with van der Waals surface area (Å²) in [5, 5.41) is 3.87. The van der Waals surface area contributed by atoms with Crippen molar-refractivity contribution < 1.29 is 14.3 Å². The molecule has 1 N–H and O–H groups in total. The molecule has 0 aliphatic heterocycles. The van der Waals surface area contributed by atoms with Gasteiger partial charge in [-0.3, -0.25) is 9.59 Å². The van der Waals surface area contributed by atoms with Crippen molar-refractivity contribution in [3.63, 3.8) is 0 Å². The Labute approximate surface area is 206 Å². The number of carbonyl (C=O) groups is 2. The van der Waals surface area contributed by atoms with E-state index in [1.165, 1.54) is 6.42 Å². The molecule has 7 heteroatoms. The zero-order valence-corrected chi connectivity index (χ0v) is 21.0. The lowest BCUT2D eigenvalue weighted by atomic mass is 9.95. The van der Waals surface area contributed by atoms with Gasteiger partial charge in [-0.15, -0.1) is 11.8 Å². The summed E-state index contributed by atoms with van der Waals surface area (Å²) in [4.78, 5) is 29.0. The first-order valence-corrected chi connectivity index (χ1v) is 12.9. The molecule has 2 aromatic carbocycles. The zero-order chi connectivity index (χ0) is 23.6. The fourth-order valence-corrected chi connectivity index (χ4v) is 4.98. The molecule has 0 unspecified atom stereocenters. The SMILES string of the molecule is COc1ccc(CN(C(=O)CCSc2ccc(Cl)cc2)[C@@H](C)C(=O)NC2CCCCC2)cc1. The lowest BCUT2D eigenvalue weighted by molar-refractivity contribution is -0.140. The average Bonchev–Trinajstić information content (AvgIpc) is 2.84. The van der Waals surface area contributed by atoms with Gasteiger partial charge in [0.15, 0.2) is 0 Å². The number of nitrogens with one attached hydrogen (secondary N) is 1.